The maximum Gasteiger partial charge on any atom is 0.0542 e. The second kappa shape index (κ2) is 16.2. The number of aryl methyl sites for hydroxylation is 2. The van der Waals surface area contributed by atoms with Gasteiger partial charge in [0.2, 0.25) is 0 Å². The lowest BCUT2D eigenvalue weighted by Crippen LogP contribution is -2.22. The number of hydrogen-bond donors (Lipinski definition) is 0. The predicted molar refractivity (Wildman–Crippen MR) is 209 cm³/mol. The molecule has 4 aromatic carbocycles. The predicted octanol–water partition coefficient (Wildman–Crippen LogP) is 14.4. The summed E-state index contributed by atoms with van der Waals surface area (Å²) in [7, 11) is 0. The molecule has 0 spiro atoms. The van der Waals surface area contributed by atoms with E-state index in [-0.39, 0.29) is 10.8 Å². The molecule has 0 radical (unpaired) electrons. The van der Waals surface area contributed by atoms with Gasteiger partial charge in [-0.05, 0) is 109 Å². The Hall–Kier alpha value is -3.32. The van der Waals surface area contributed by atoms with Crippen LogP contribution in [-0.4, -0.2) is 0 Å². The van der Waals surface area contributed by atoms with Gasteiger partial charge >= 0.3 is 0 Å². The van der Waals surface area contributed by atoms with Crippen molar-refractivity contribution in [1.29, 1.82) is 0 Å². The fourth-order valence-corrected chi connectivity index (χ4v) is 7.05. The van der Waals surface area contributed by atoms with Gasteiger partial charge in [0.25, 0.3) is 0 Å². The Morgan fingerprint density at radius 2 is 0.979 bits per heavy atom. The molecule has 1 heteroatoms. The van der Waals surface area contributed by atoms with Crippen LogP contribution in [0.1, 0.15) is 129 Å². The Bertz CT molecular complexity index is 1480. The average Bonchev–Trinajstić information content (AvgIpc) is 3.06. The molecule has 0 heterocycles. The van der Waals surface area contributed by atoms with E-state index in [1.807, 2.05) is 0 Å². The van der Waals surface area contributed by atoms with Crippen LogP contribution in [0.25, 0.3) is 11.1 Å². The van der Waals surface area contributed by atoms with E-state index in [1.165, 1.54) is 89.0 Å². The Kier molecular flexibility index (Phi) is 12.6. The zero-order valence-corrected chi connectivity index (χ0v) is 31.4. The summed E-state index contributed by atoms with van der Waals surface area (Å²) in [5, 5.41) is 0. The highest BCUT2D eigenvalue weighted by atomic mass is 15.1. The molecule has 0 saturated carbocycles. The number of hydrogen-bond acceptors (Lipinski definition) is 1. The van der Waals surface area contributed by atoms with E-state index in [2.05, 4.69) is 165 Å². The smallest absolute Gasteiger partial charge is 0.0542 e. The molecule has 0 saturated heterocycles. The van der Waals surface area contributed by atoms with Crippen LogP contribution in [0.4, 0.5) is 17.1 Å². The summed E-state index contributed by atoms with van der Waals surface area (Å²) in [4.78, 5) is 2.48. The highest BCUT2D eigenvalue weighted by molar-refractivity contribution is 5.88. The van der Waals surface area contributed by atoms with Crippen molar-refractivity contribution >= 4 is 17.1 Å². The first-order valence-corrected chi connectivity index (χ1v) is 18.6. The molecule has 1 nitrogen and oxygen atoms in total. The Morgan fingerprint density at radius 3 is 1.40 bits per heavy atom. The molecule has 2 atom stereocenters. The first-order chi connectivity index (χ1) is 22.4. The molecule has 0 aliphatic carbocycles. The highest BCUT2D eigenvalue weighted by Gasteiger charge is 2.28. The summed E-state index contributed by atoms with van der Waals surface area (Å²) in [5.74, 6) is 1.50. The van der Waals surface area contributed by atoms with Crippen LogP contribution in [-0.2, 0) is 10.8 Å². The molecule has 0 bridgehead atoms. The van der Waals surface area contributed by atoms with Crippen molar-refractivity contribution in [3.8, 4) is 11.1 Å². The molecule has 0 amide bonds. The third-order valence-electron chi connectivity index (χ3n) is 11.0. The average molecular weight is 630 g/mol. The maximum absolute atomic E-state index is 2.52. The van der Waals surface area contributed by atoms with Crippen molar-refractivity contribution in [2.45, 2.75) is 131 Å². The Morgan fingerprint density at radius 1 is 0.553 bits per heavy atom. The second-order valence-corrected chi connectivity index (χ2v) is 15.7. The Labute approximate surface area is 288 Å². The van der Waals surface area contributed by atoms with E-state index in [0.29, 0.717) is 0 Å². The van der Waals surface area contributed by atoms with Crippen molar-refractivity contribution in [3.05, 3.63) is 113 Å². The third kappa shape index (κ3) is 9.19. The van der Waals surface area contributed by atoms with Gasteiger partial charge < -0.3 is 4.90 Å². The molecule has 4 rings (SSSR count). The van der Waals surface area contributed by atoms with Crippen LogP contribution in [0.3, 0.4) is 0 Å². The van der Waals surface area contributed by atoms with Gasteiger partial charge in [0.15, 0.2) is 0 Å². The van der Waals surface area contributed by atoms with Gasteiger partial charge in [-0.3, -0.25) is 0 Å². The van der Waals surface area contributed by atoms with Crippen LogP contribution in [0.2, 0.25) is 0 Å². The first-order valence-electron chi connectivity index (χ1n) is 18.6. The minimum atomic E-state index is 0.122. The van der Waals surface area contributed by atoms with E-state index >= 15 is 0 Å². The van der Waals surface area contributed by atoms with Gasteiger partial charge in [0, 0.05) is 16.9 Å². The summed E-state index contributed by atoms with van der Waals surface area (Å²) in [6, 6.07) is 35.0. The summed E-state index contributed by atoms with van der Waals surface area (Å²) in [5.41, 5.74) is 12.0. The standard InChI is InChI=1S/C46H63N/c1-11-45(9,31-13-15-34(3)4)39-23-21-38(22-24-39)43-30-25-40(46(10,12-2)32-14-16-35(5)6)33-44(43)47(41-26-17-36(7)18-27-41)42-28-19-37(8)20-29-42/h17-30,33-35H,11-16,31-32H2,1-10H3. The number of nitrogens with zero attached hydrogens (tertiary/aromatic N) is 1. The molecular weight excluding hydrogens is 567 g/mol. The van der Waals surface area contributed by atoms with Gasteiger partial charge in [-0.2, -0.15) is 0 Å². The molecule has 47 heavy (non-hydrogen) atoms. The minimum Gasteiger partial charge on any atom is -0.310 e. The van der Waals surface area contributed by atoms with Gasteiger partial charge in [0.1, 0.15) is 0 Å². The van der Waals surface area contributed by atoms with E-state index in [4.69, 9.17) is 0 Å². The third-order valence-corrected chi connectivity index (χ3v) is 11.0. The molecule has 4 aromatic rings. The largest absolute Gasteiger partial charge is 0.310 e. The van der Waals surface area contributed by atoms with E-state index in [0.717, 1.165) is 24.7 Å². The summed E-state index contributed by atoms with van der Waals surface area (Å²) in [6.07, 6.45) is 9.84. The van der Waals surface area contributed by atoms with Crippen LogP contribution >= 0.6 is 0 Å². The lowest BCUT2D eigenvalue weighted by atomic mass is 9.74. The molecule has 2 unspecified atom stereocenters. The minimum absolute atomic E-state index is 0.122. The topological polar surface area (TPSA) is 3.24 Å². The van der Waals surface area contributed by atoms with Crippen molar-refractivity contribution in [1.82, 2.24) is 0 Å². The summed E-state index contributed by atoms with van der Waals surface area (Å²) in [6.45, 7) is 23.4. The lowest BCUT2D eigenvalue weighted by Gasteiger charge is -2.33. The van der Waals surface area contributed by atoms with Crippen LogP contribution in [0, 0.1) is 25.7 Å². The monoisotopic (exact) mass is 629 g/mol. The van der Waals surface area contributed by atoms with Gasteiger partial charge in [-0.15, -0.1) is 0 Å². The van der Waals surface area contributed by atoms with Crippen molar-refractivity contribution in [3.63, 3.8) is 0 Å². The SMILES string of the molecule is CCC(C)(CCCC(C)C)c1ccc(-c2ccc(C(C)(CC)CCCC(C)C)cc2N(c2ccc(C)cc2)c2ccc(C)cc2)cc1. The molecular formula is C46H63N. The molecule has 252 valence electrons. The number of benzene rings is 4. The van der Waals surface area contributed by atoms with Crippen LogP contribution in [0.5, 0.6) is 0 Å². The fourth-order valence-electron chi connectivity index (χ4n) is 7.05. The maximum atomic E-state index is 2.52. The number of anilines is 3. The van der Waals surface area contributed by atoms with Crippen molar-refractivity contribution in [2.24, 2.45) is 11.8 Å². The Balaban J connectivity index is 1.87. The number of rotatable bonds is 16. The van der Waals surface area contributed by atoms with Crippen LogP contribution in [0.15, 0.2) is 91.0 Å². The lowest BCUT2D eigenvalue weighted by molar-refractivity contribution is 0.382. The molecule has 0 aliphatic rings. The van der Waals surface area contributed by atoms with Gasteiger partial charge in [-0.1, -0.05) is 153 Å². The fraction of sp³-hybridized carbons (Fsp3) is 0.478. The van der Waals surface area contributed by atoms with Gasteiger partial charge in [-0.25, -0.2) is 0 Å². The van der Waals surface area contributed by atoms with Crippen LogP contribution < -0.4 is 4.90 Å². The quantitative estimate of drug-likeness (QED) is 0.119. The molecule has 0 N–H and O–H groups in total. The zero-order valence-electron chi connectivity index (χ0n) is 31.4. The van der Waals surface area contributed by atoms with E-state index < -0.39 is 0 Å². The van der Waals surface area contributed by atoms with E-state index in [9.17, 15) is 0 Å². The summed E-state index contributed by atoms with van der Waals surface area (Å²) < 4.78 is 0. The molecule has 0 aromatic heterocycles. The van der Waals surface area contributed by atoms with Crippen molar-refractivity contribution in [2.75, 3.05) is 4.90 Å². The normalized spacial score (nSPS) is 14.3. The van der Waals surface area contributed by atoms with Gasteiger partial charge in [0.05, 0.1) is 5.69 Å². The first kappa shape index (κ1) is 36.5. The molecule has 0 fully saturated rings. The highest BCUT2D eigenvalue weighted by Crippen LogP contribution is 2.45. The molecule has 0 aliphatic heterocycles. The van der Waals surface area contributed by atoms with E-state index in [1.54, 1.807) is 0 Å². The second-order valence-electron chi connectivity index (χ2n) is 15.7. The zero-order chi connectivity index (χ0) is 34.2. The summed E-state index contributed by atoms with van der Waals surface area (Å²) >= 11 is 0. The van der Waals surface area contributed by atoms with Crippen molar-refractivity contribution < 1.29 is 0 Å².